The molecule has 0 saturated heterocycles. The normalized spacial score (nSPS) is 13.1. The molecule has 1 heterocycles. The molecule has 20 heavy (non-hydrogen) atoms. The van der Waals surface area contributed by atoms with E-state index < -0.39 is 17.4 Å². The molecule has 1 atom stereocenters. The minimum Gasteiger partial charge on any atom is -0.468 e. The Labute approximate surface area is 119 Å². The molecular weight excluding hydrogens is 258 g/mol. The number of carbonyl (C=O) groups is 2. The van der Waals surface area contributed by atoms with Crippen LogP contribution >= 0.6 is 0 Å². The summed E-state index contributed by atoms with van der Waals surface area (Å²) in [4.78, 5) is 25.3. The van der Waals surface area contributed by atoms with E-state index in [-0.39, 0.29) is 6.04 Å². The Morgan fingerprint density at radius 1 is 1.30 bits per heavy atom. The summed E-state index contributed by atoms with van der Waals surface area (Å²) < 4.78 is 5.34. The summed E-state index contributed by atoms with van der Waals surface area (Å²) in [6, 6.07) is 3.52. The number of carbonyl (C=O) groups excluding carboxylic acids is 2. The van der Waals surface area contributed by atoms with E-state index in [1.807, 2.05) is 45.8 Å². The average molecular weight is 281 g/mol. The Kier molecular flexibility index (Phi) is 5.33. The van der Waals surface area contributed by atoms with Crippen molar-refractivity contribution in [2.24, 2.45) is 0 Å². The van der Waals surface area contributed by atoms with Gasteiger partial charge in [0.2, 0.25) is 0 Å². The van der Waals surface area contributed by atoms with Gasteiger partial charge in [-0.15, -0.1) is 0 Å². The van der Waals surface area contributed by atoms with Crippen molar-refractivity contribution in [2.75, 3.05) is 20.6 Å². The molecule has 6 nitrogen and oxygen atoms in total. The minimum absolute atomic E-state index is 0.114. The fourth-order valence-electron chi connectivity index (χ4n) is 1.69. The molecule has 0 aromatic carbocycles. The van der Waals surface area contributed by atoms with Crippen LogP contribution in [0, 0.1) is 0 Å². The van der Waals surface area contributed by atoms with Crippen LogP contribution in [0.3, 0.4) is 0 Å². The predicted octanol–water partition coefficient (Wildman–Crippen LogP) is 0.913. The van der Waals surface area contributed by atoms with Crippen LogP contribution in [0.1, 0.15) is 32.6 Å². The summed E-state index contributed by atoms with van der Waals surface area (Å²) in [5.74, 6) is -0.528. The maximum absolute atomic E-state index is 11.7. The molecular formula is C14H23N3O3. The van der Waals surface area contributed by atoms with Crippen LogP contribution in [0.15, 0.2) is 22.8 Å². The zero-order valence-corrected chi connectivity index (χ0v) is 12.7. The van der Waals surface area contributed by atoms with Crippen molar-refractivity contribution in [1.82, 2.24) is 15.5 Å². The standard InChI is InChI=1S/C14H23N3O3/c1-14(2,3)16-13(19)12(18)15-9-10(17(4)5)11-7-6-8-20-11/h6-8,10H,9H2,1-5H3,(H,15,18)(H,16,19). The molecule has 0 aliphatic heterocycles. The Balaban J connectivity index is 2.56. The molecule has 0 radical (unpaired) electrons. The molecule has 0 aliphatic carbocycles. The van der Waals surface area contributed by atoms with Gasteiger partial charge >= 0.3 is 11.8 Å². The van der Waals surface area contributed by atoms with Gasteiger partial charge in [0.15, 0.2) is 0 Å². The van der Waals surface area contributed by atoms with Crippen LogP contribution in [0.4, 0.5) is 0 Å². The van der Waals surface area contributed by atoms with Crippen LogP contribution in [0.25, 0.3) is 0 Å². The summed E-state index contributed by atoms with van der Waals surface area (Å²) in [5.41, 5.74) is -0.434. The number of likely N-dealkylation sites (N-methyl/N-ethyl adjacent to an activating group) is 1. The van der Waals surface area contributed by atoms with E-state index in [0.717, 1.165) is 5.76 Å². The maximum atomic E-state index is 11.7. The van der Waals surface area contributed by atoms with Gasteiger partial charge in [0.05, 0.1) is 12.3 Å². The Bertz CT molecular complexity index is 447. The number of hydrogen-bond donors (Lipinski definition) is 2. The Hall–Kier alpha value is -1.82. The molecule has 1 aromatic rings. The summed E-state index contributed by atoms with van der Waals surface area (Å²) in [6.07, 6.45) is 1.58. The highest BCUT2D eigenvalue weighted by Crippen LogP contribution is 2.17. The third kappa shape index (κ3) is 5.05. The summed E-state index contributed by atoms with van der Waals surface area (Å²) in [5, 5.41) is 5.24. The van der Waals surface area contributed by atoms with E-state index in [1.165, 1.54) is 0 Å². The molecule has 6 heteroatoms. The number of amides is 2. The Morgan fingerprint density at radius 3 is 2.40 bits per heavy atom. The molecule has 112 valence electrons. The first-order valence-corrected chi connectivity index (χ1v) is 6.51. The smallest absolute Gasteiger partial charge is 0.309 e. The van der Waals surface area contributed by atoms with Crippen molar-refractivity contribution in [1.29, 1.82) is 0 Å². The zero-order valence-electron chi connectivity index (χ0n) is 12.7. The number of rotatable bonds is 4. The van der Waals surface area contributed by atoms with Crippen molar-refractivity contribution < 1.29 is 14.0 Å². The molecule has 0 aliphatic rings. The fraction of sp³-hybridized carbons (Fsp3) is 0.571. The van der Waals surface area contributed by atoms with Crippen LogP contribution in [-0.2, 0) is 9.59 Å². The van der Waals surface area contributed by atoms with E-state index >= 15 is 0 Å². The third-order valence-electron chi connectivity index (χ3n) is 2.65. The van der Waals surface area contributed by atoms with Gasteiger partial charge < -0.3 is 15.1 Å². The number of hydrogen-bond acceptors (Lipinski definition) is 4. The highest BCUT2D eigenvalue weighted by atomic mass is 16.3. The highest BCUT2D eigenvalue weighted by molar-refractivity contribution is 6.35. The number of nitrogens with one attached hydrogen (secondary N) is 2. The van der Waals surface area contributed by atoms with E-state index in [2.05, 4.69) is 10.6 Å². The second kappa shape index (κ2) is 6.56. The second-order valence-corrected chi connectivity index (χ2v) is 5.91. The average Bonchev–Trinajstić information content (AvgIpc) is 2.79. The lowest BCUT2D eigenvalue weighted by molar-refractivity contribution is -0.140. The minimum atomic E-state index is -0.640. The van der Waals surface area contributed by atoms with E-state index in [0.29, 0.717) is 6.54 Å². The number of furan rings is 1. The maximum Gasteiger partial charge on any atom is 0.309 e. The topological polar surface area (TPSA) is 74.6 Å². The SMILES string of the molecule is CN(C)C(CNC(=O)C(=O)NC(C)(C)C)c1ccco1. The molecule has 1 unspecified atom stereocenters. The highest BCUT2D eigenvalue weighted by Gasteiger charge is 2.23. The van der Waals surface area contributed by atoms with Gasteiger partial charge in [-0.3, -0.25) is 14.5 Å². The molecule has 0 fully saturated rings. The zero-order chi connectivity index (χ0) is 15.3. The van der Waals surface area contributed by atoms with Gasteiger partial charge in [-0.05, 0) is 47.0 Å². The fourth-order valence-corrected chi connectivity index (χ4v) is 1.69. The lowest BCUT2D eigenvalue weighted by Gasteiger charge is -2.23. The third-order valence-corrected chi connectivity index (χ3v) is 2.65. The van der Waals surface area contributed by atoms with Gasteiger partial charge in [0, 0.05) is 12.1 Å². The molecule has 0 bridgehead atoms. The molecule has 1 aromatic heterocycles. The summed E-state index contributed by atoms with van der Waals surface area (Å²) >= 11 is 0. The van der Waals surface area contributed by atoms with Gasteiger partial charge in [0.1, 0.15) is 5.76 Å². The van der Waals surface area contributed by atoms with Gasteiger partial charge in [-0.1, -0.05) is 0 Å². The van der Waals surface area contributed by atoms with Crippen molar-refractivity contribution >= 4 is 11.8 Å². The van der Waals surface area contributed by atoms with Crippen molar-refractivity contribution in [3.63, 3.8) is 0 Å². The van der Waals surface area contributed by atoms with Crippen LogP contribution in [0.2, 0.25) is 0 Å². The first-order chi connectivity index (χ1) is 9.20. The van der Waals surface area contributed by atoms with Gasteiger partial charge in [-0.25, -0.2) is 0 Å². The summed E-state index contributed by atoms with van der Waals surface area (Å²) in [7, 11) is 3.77. The molecule has 1 rings (SSSR count). The monoisotopic (exact) mass is 281 g/mol. The molecule has 0 spiro atoms. The second-order valence-electron chi connectivity index (χ2n) is 5.91. The lowest BCUT2D eigenvalue weighted by Crippen LogP contribution is -2.49. The van der Waals surface area contributed by atoms with Crippen molar-refractivity contribution in [3.8, 4) is 0 Å². The summed E-state index contributed by atoms with van der Waals surface area (Å²) in [6.45, 7) is 5.77. The largest absolute Gasteiger partial charge is 0.468 e. The van der Waals surface area contributed by atoms with Crippen LogP contribution in [0.5, 0.6) is 0 Å². The van der Waals surface area contributed by atoms with Gasteiger partial charge in [-0.2, -0.15) is 0 Å². The first kappa shape index (κ1) is 16.2. The van der Waals surface area contributed by atoms with Gasteiger partial charge in [0.25, 0.3) is 0 Å². The first-order valence-electron chi connectivity index (χ1n) is 6.51. The van der Waals surface area contributed by atoms with Crippen molar-refractivity contribution in [2.45, 2.75) is 32.4 Å². The Morgan fingerprint density at radius 2 is 1.95 bits per heavy atom. The predicted molar refractivity (Wildman–Crippen MR) is 76.0 cm³/mol. The van der Waals surface area contributed by atoms with Crippen LogP contribution in [-0.4, -0.2) is 42.9 Å². The van der Waals surface area contributed by atoms with E-state index in [9.17, 15) is 9.59 Å². The molecule has 2 N–H and O–H groups in total. The quantitative estimate of drug-likeness (QED) is 0.805. The molecule has 0 saturated carbocycles. The molecule has 2 amide bonds. The lowest BCUT2D eigenvalue weighted by atomic mass is 10.1. The number of nitrogens with zero attached hydrogens (tertiary/aromatic N) is 1. The van der Waals surface area contributed by atoms with Crippen molar-refractivity contribution in [3.05, 3.63) is 24.2 Å². The van der Waals surface area contributed by atoms with E-state index in [4.69, 9.17) is 4.42 Å². The van der Waals surface area contributed by atoms with E-state index in [1.54, 1.807) is 12.3 Å². The van der Waals surface area contributed by atoms with Crippen LogP contribution < -0.4 is 10.6 Å².